The molecule has 0 heterocycles. The molecule has 0 atom stereocenters. The number of amides is 1. The van der Waals surface area contributed by atoms with E-state index in [9.17, 15) is 9.59 Å². The number of benzene rings is 2. The van der Waals surface area contributed by atoms with Gasteiger partial charge in [-0.05, 0) is 31.4 Å². The predicted octanol–water partition coefficient (Wildman–Crippen LogP) is 3.83. The van der Waals surface area contributed by atoms with Crippen LogP contribution in [0.4, 0.5) is 0 Å². The predicted molar refractivity (Wildman–Crippen MR) is 103 cm³/mol. The Balaban J connectivity index is 1.89. The van der Waals surface area contributed by atoms with Gasteiger partial charge in [0.1, 0.15) is 0 Å². The van der Waals surface area contributed by atoms with Crippen molar-refractivity contribution < 1.29 is 14.3 Å². The highest BCUT2D eigenvalue weighted by Gasteiger charge is 2.14. The summed E-state index contributed by atoms with van der Waals surface area (Å²) in [7, 11) is 0. The van der Waals surface area contributed by atoms with Crippen molar-refractivity contribution in [2.24, 2.45) is 0 Å². The number of carbonyl (C=O) groups excluding carboxylic acids is 2. The van der Waals surface area contributed by atoms with Gasteiger partial charge in [0.25, 0.3) is 5.91 Å². The normalized spacial score (nSPS) is 10.3. The fourth-order valence-corrected chi connectivity index (χ4v) is 2.72. The second kappa shape index (κ2) is 10.2. The summed E-state index contributed by atoms with van der Waals surface area (Å²) in [5, 5.41) is 2.82. The van der Waals surface area contributed by atoms with Gasteiger partial charge in [-0.15, -0.1) is 0 Å². The topological polar surface area (TPSA) is 55.4 Å². The molecule has 1 amide bonds. The van der Waals surface area contributed by atoms with Crippen LogP contribution in [0.15, 0.2) is 72.3 Å². The van der Waals surface area contributed by atoms with Crippen molar-refractivity contribution in [2.45, 2.75) is 26.2 Å². The molecule has 4 heteroatoms. The smallest absolute Gasteiger partial charge is 0.331 e. The summed E-state index contributed by atoms with van der Waals surface area (Å²) in [6.45, 7) is 3.85. The maximum absolute atomic E-state index is 11.9. The summed E-state index contributed by atoms with van der Waals surface area (Å²) in [4.78, 5) is 23.3. The maximum Gasteiger partial charge on any atom is 0.331 e. The molecule has 0 spiro atoms. The Morgan fingerprint density at radius 2 is 1.50 bits per heavy atom. The first-order valence-electron chi connectivity index (χ1n) is 8.74. The van der Waals surface area contributed by atoms with Crippen molar-refractivity contribution in [2.75, 3.05) is 13.2 Å². The lowest BCUT2D eigenvalue weighted by Gasteiger charge is -2.18. The molecule has 136 valence electrons. The third kappa shape index (κ3) is 6.55. The van der Waals surface area contributed by atoms with E-state index < -0.39 is 5.97 Å². The van der Waals surface area contributed by atoms with E-state index in [0.717, 1.165) is 12.0 Å². The standard InChI is InChI=1S/C22H25NO3/c1-17(2)15-22(25)26-16-21(24)23-14-13-20(18-9-5-3-6-10-18)19-11-7-4-8-12-19/h3-12,15,20H,13-14,16H2,1-2H3,(H,23,24). The fourth-order valence-electron chi connectivity index (χ4n) is 2.72. The van der Waals surface area contributed by atoms with Crippen molar-refractivity contribution in [3.63, 3.8) is 0 Å². The Morgan fingerprint density at radius 3 is 2.00 bits per heavy atom. The highest BCUT2D eigenvalue weighted by Crippen LogP contribution is 2.27. The summed E-state index contributed by atoms with van der Waals surface area (Å²) >= 11 is 0. The van der Waals surface area contributed by atoms with Gasteiger partial charge in [0.2, 0.25) is 0 Å². The van der Waals surface area contributed by atoms with Crippen LogP contribution in [0.3, 0.4) is 0 Å². The molecule has 0 unspecified atom stereocenters. The number of rotatable bonds is 8. The van der Waals surface area contributed by atoms with Crippen LogP contribution < -0.4 is 5.32 Å². The number of allylic oxidation sites excluding steroid dienone is 1. The molecule has 0 aliphatic carbocycles. The van der Waals surface area contributed by atoms with Crippen LogP contribution >= 0.6 is 0 Å². The van der Waals surface area contributed by atoms with Crippen LogP contribution in [0.1, 0.15) is 37.3 Å². The van der Waals surface area contributed by atoms with Crippen LogP contribution in [0, 0.1) is 0 Å². The lowest BCUT2D eigenvalue weighted by molar-refractivity contribution is -0.143. The average molecular weight is 351 g/mol. The van der Waals surface area contributed by atoms with Crippen molar-refractivity contribution in [3.8, 4) is 0 Å². The zero-order valence-corrected chi connectivity index (χ0v) is 15.3. The van der Waals surface area contributed by atoms with E-state index in [1.165, 1.54) is 17.2 Å². The van der Waals surface area contributed by atoms with Gasteiger partial charge >= 0.3 is 5.97 Å². The molecular formula is C22H25NO3. The molecule has 0 aliphatic rings. The number of esters is 1. The molecule has 0 aromatic heterocycles. The largest absolute Gasteiger partial charge is 0.452 e. The second-order valence-corrected chi connectivity index (χ2v) is 6.34. The van der Waals surface area contributed by atoms with Crippen molar-refractivity contribution in [3.05, 3.63) is 83.4 Å². The number of ether oxygens (including phenoxy) is 1. The second-order valence-electron chi connectivity index (χ2n) is 6.34. The minimum absolute atomic E-state index is 0.200. The van der Waals surface area contributed by atoms with E-state index in [0.29, 0.717) is 6.54 Å². The molecule has 26 heavy (non-hydrogen) atoms. The zero-order valence-electron chi connectivity index (χ0n) is 15.3. The molecule has 4 nitrogen and oxygen atoms in total. The Bertz CT molecular complexity index is 695. The van der Waals surface area contributed by atoms with Crippen molar-refractivity contribution in [1.29, 1.82) is 0 Å². The highest BCUT2D eigenvalue weighted by molar-refractivity contribution is 5.86. The minimum atomic E-state index is -0.494. The van der Waals surface area contributed by atoms with Gasteiger partial charge in [0, 0.05) is 18.5 Å². The number of nitrogens with one attached hydrogen (secondary N) is 1. The van der Waals surface area contributed by atoms with Gasteiger partial charge in [-0.3, -0.25) is 4.79 Å². The minimum Gasteiger partial charge on any atom is -0.452 e. The Morgan fingerprint density at radius 1 is 0.962 bits per heavy atom. The van der Waals surface area contributed by atoms with Gasteiger partial charge in [0.15, 0.2) is 6.61 Å². The molecular weight excluding hydrogens is 326 g/mol. The van der Waals surface area contributed by atoms with E-state index in [2.05, 4.69) is 29.6 Å². The molecule has 0 saturated heterocycles. The van der Waals surface area contributed by atoms with Crippen LogP contribution in [0.5, 0.6) is 0 Å². The van der Waals surface area contributed by atoms with Gasteiger partial charge in [-0.1, -0.05) is 66.2 Å². The van der Waals surface area contributed by atoms with Crippen LogP contribution in [-0.2, 0) is 14.3 Å². The monoisotopic (exact) mass is 351 g/mol. The third-order valence-corrected chi connectivity index (χ3v) is 3.91. The molecule has 0 saturated carbocycles. The Kier molecular flexibility index (Phi) is 7.62. The molecule has 2 aromatic carbocycles. The van der Waals surface area contributed by atoms with Crippen LogP contribution in [0.2, 0.25) is 0 Å². The van der Waals surface area contributed by atoms with Crippen LogP contribution in [-0.4, -0.2) is 25.0 Å². The molecule has 0 aliphatic heterocycles. The molecule has 0 fully saturated rings. The van der Waals surface area contributed by atoms with Gasteiger partial charge in [-0.2, -0.15) is 0 Å². The lowest BCUT2D eigenvalue weighted by Crippen LogP contribution is -2.30. The summed E-state index contributed by atoms with van der Waals surface area (Å²) in [6, 6.07) is 20.5. The lowest BCUT2D eigenvalue weighted by atomic mass is 9.88. The van der Waals surface area contributed by atoms with E-state index >= 15 is 0 Å². The Labute approximate surface area is 154 Å². The van der Waals surface area contributed by atoms with Gasteiger partial charge in [0.05, 0.1) is 0 Å². The van der Waals surface area contributed by atoms with Crippen molar-refractivity contribution in [1.82, 2.24) is 5.32 Å². The maximum atomic E-state index is 11.9. The average Bonchev–Trinajstić information content (AvgIpc) is 2.64. The molecule has 0 radical (unpaired) electrons. The number of hydrogen-bond donors (Lipinski definition) is 1. The summed E-state index contributed by atoms with van der Waals surface area (Å²) in [6.07, 6.45) is 2.13. The van der Waals surface area contributed by atoms with E-state index in [1.54, 1.807) is 13.8 Å². The van der Waals surface area contributed by atoms with E-state index in [-0.39, 0.29) is 18.4 Å². The SMILES string of the molecule is CC(C)=CC(=O)OCC(=O)NCCC(c1ccccc1)c1ccccc1. The summed E-state index contributed by atoms with van der Waals surface area (Å²) in [5.41, 5.74) is 3.26. The Hall–Kier alpha value is -2.88. The van der Waals surface area contributed by atoms with E-state index in [4.69, 9.17) is 4.74 Å². The first kappa shape index (κ1) is 19.4. The zero-order chi connectivity index (χ0) is 18.8. The van der Waals surface area contributed by atoms with Crippen molar-refractivity contribution >= 4 is 11.9 Å². The summed E-state index contributed by atoms with van der Waals surface area (Å²) in [5.74, 6) is -0.585. The number of hydrogen-bond acceptors (Lipinski definition) is 3. The molecule has 2 rings (SSSR count). The van der Waals surface area contributed by atoms with Gasteiger partial charge in [-0.25, -0.2) is 4.79 Å². The molecule has 1 N–H and O–H groups in total. The van der Waals surface area contributed by atoms with Gasteiger partial charge < -0.3 is 10.1 Å². The first-order valence-corrected chi connectivity index (χ1v) is 8.74. The summed E-state index contributed by atoms with van der Waals surface area (Å²) < 4.78 is 4.91. The molecule has 2 aromatic rings. The third-order valence-electron chi connectivity index (χ3n) is 3.91. The first-order chi connectivity index (χ1) is 12.6. The van der Waals surface area contributed by atoms with Crippen LogP contribution in [0.25, 0.3) is 0 Å². The highest BCUT2D eigenvalue weighted by atomic mass is 16.5. The number of carbonyl (C=O) groups is 2. The van der Waals surface area contributed by atoms with E-state index in [1.807, 2.05) is 36.4 Å². The fraction of sp³-hybridized carbons (Fsp3) is 0.273. The molecule has 0 bridgehead atoms. The quantitative estimate of drug-likeness (QED) is 0.581.